The van der Waals surface area contributed by atoms with Gasteiger partial charge in [-0.2, -0.15) is 0 Å². The molecule has 2 aliphatic rings. The van der Waals surface area contributed by atoms with Crippen LogP contribution in [0.15, 0.2) is 6.07 Å². The first-order chi connectivity index (χ1) is 9.15. The molecule has 4 heteroatoms. The molecule has 2 N–H and O–H groups in total. The topological polar surface area (TPSA) is 44.5 Å². The van der Waals surface area contributed by atoms with Crippen molar-refractivity contribution < 1.29 is 9.47 Å². The fourth-order valence-electron chi connectivity index (χ4n) is 3.02. The highest BCUT2D eigenvalue weighted by Crippen LogP contribution is 2.49. The molecule has 0 atom stereocenters. The van der Waals surface area contributed by atoms with Gasteiger partial charge in [-0.1, -0.05) is 18.5 Å². The van der Waals surface area contributed by atoms with Crippen molar-refractivity contribution in [2.75, 3.05) is 13.2 Å². The van der Waals surface area contributed by atoms with Crippen molar-refractivity contribution >= 4 is 11.6 Å². The molecule has 0 saturated heterocycles. The fraction of sp³-hybridized carbons (Fsp3) is 0.600. The lowest BCUT2D eigenvalue weighted by Gasteiger charge is -2.41. The van der Waals surface area contributed by atoms with E-state index < -0.39 is 0 Å². The predicted octanol–water partition coefficient (Wildman–Crippen LogP) is 3.40. The maximum atomic E-state index is 6.49. The standard InChI is InChI=1S/C15H20ClNO2/c1-2-10-13(15(17)5-3-6-15)11(16)9-12-14(10)19-8-4-7-18-12/h9H,2-8,17H2,1H3. The minimum absolute atomic E-state index is 0.271. The Labute approximate surface area is 119 Å². The van der Waals surface area contributed by atoms with Crippen molar-refractivity contribution in [3.05, 3.63) is 22.2 Å². The summed E-state index contributed by atoms with van der Waals surface area (Å²) in [5, 5.41) is 0.725. The molecule has 0 unspecified atom stereocenters. The normalized spacial score (nSPS) is 20.6. The summed E-state index contributed by atoms with van der Waals surface area (Å²) >= 11 is 6.48. The molecule has 0 aromatic heterocycles. The third kappa shape index (κ3) is 2.09. The zero-order chi connectivity index (χ0) is 13.5. The van der Waals surface area contributed by atoms with Gasteiger partial charge in [0.25, 0.3) is 0 Å². The molecule has 3 rings (SSSR count). The van der Waals surface area contributed by atoms with Crippen LogP contribution in [0.5, 0.6) is 11.5 Å². The summed E-state index contributed by atoms with van der Waals surface area (Å²) < 4.78 is 11.6. The first kappa shape index (κ1) is 13.1. The minimum atomic E-state index is -0.271. The molecular weight excluding hydrogens is 262 g/mol. The number of benzene rings is 1. The van der Waals surface area contributed by atoms with E-state index in [4.69, 9.17) is 26.8 Å². The summed E-state index contributed by atoms with van der Waals surface area (Å²) in [5.41, 5.74) is 8.43. The molecule has 1 saturated carbocycles. The molecule has 1 aromatic carbocycles. The van der Waals surface area contributed by atoms with E-state index in [0.717, 1.165) is 53.3 Å². The van der Waals surface area contributed by atoms with Gasteiger partial charge in [0.05, 0.1) is 13.2 Å². The number of hydrogen-bond donors (Lipinski definition) is 1. The zero-order valence-electron chi connectivity index (χ0n) is 11.3. The lowest BCUT2D eigenvalue weighted by atomic mass is 9.70. The molecule has 1 fully saturated rings. The van der Waals surface area contributed by atoms with Crippen LogP contribution in [0.4, 0.5) is 0 Å². The first-order valence-corrected chi connectivity index (χ1v) is 7.44. The van der Waals surface area contributed by atoms with Crippen LogP contribution in [0.25, 0.3) is 0 Å². The summed E-state index contributed by atoms with van der Waals surface area (Å²) in [6.45, 7) is 3.49. The second-order valence-electron chi connectivity index (χ2n) is 5.45. The molecule has 104 valence electrons. The van der Waals surface area contributed by atoms with Gasteiger partial charge in [-0.25, -0.2) is 0 Å². The van der Waals surface area contributed by atoms with Gasteiger partial charge in [0.15, 0.2) is 11.5 Å². The average molecular weight is 282 g/mol. The van der Waals surface area contributed by atoms with Gasteiger partial charge in [-0.15, -0.1) is 0 Å². The van der Waals surface area contributed by atoms with E-state index in [0.29, 0.717) is 13.2 Å². The predicted molar refractivity (Wildman–Crippen MR) is 76.2 cm³/mol. The van der Waals surface area contributed by atoms with Gasteiger partial charge in [-0.05, 0) is 31.2 Å². The SMILES string of the molecule is CCc1c2c(cc(Cl)c1C1(N)CCC1)OCCCO2. The van der Waals surface area contributed by atoms with E-state index in [2.05, 4.69) is 6.92 Å². The molecule has 1 aliphatic carbocycles. The summed E-state index contributed by atoms with van der Waals surface area (Å²) in [7, 11) is 0. The number of fused-ring (bicyclic) bond motifs is 1. The highest BCUT2D eigenvalue weighted by molar-refractivity contribution is 6.31. The second kappa shape index (κ2) is 4.88. The van der Waals surface area contributed by atoms with E-state index >= 15 is 0 Å². The highest BCUT2D eigenvalue weighted by Gasteiger charge is 2.39. The third-order valence-electron chi connectivity index (χ3n) is 4.19. The van der Waals surface area contributed by atoms with Crippen molar-refractivity contribution in [1.82, 2.24) is 0 Å². The van der Waals surface area contributed by atoms with Crippen LogP contribution in [0, 0.1) is 0 Å². The number of nitrogens with two attached hydrogens (primary N) is 1. The maximum Gasteiger partial charge on any atom is 0.164 e. The van der Waals surface area contributed by atoms with E-state index in [1.165, 1.54) is 6.42 Å². The Hall–Kier alpha value is -0.930. The van der Waals surface area contributed by atoms with Gasteiger partial charge >= 0.3 is 0 Å². The van der Waals surface area contributed by atoms with Gasteiger partial charge in [0.2, 0.25) is 0 Å². The van der Waals surface area contributed by atoms with Gasteiger partial charge in [0, 0.05) is 28.6 Å². The first-order valence-electron chi connectivity index (χ1n) is 7.06. The van der Waals surface area contributed by atoms with Crippen molar-refractivity contribution in [2.24, 2.45) is 5.73 Å². The zero-order valence-corrected chi connectivity index (χ0v) is 12.1. The van der Waals surface area contributed by atoms with Crippen molar-refractivity contribution in [3.8, 4) is 11.5 Å². The van der Waals surface area contributed by atoms with Crippen LogP contribution in [-0.2, 0) is 12.0 Å². The lowest BCUT2D eigenvalue weighted by Crippen LogP contribution is -2.44. The quantitative estimate of drug-likeness (QED) is 0.904. The fourth-order valence-corrected chi connectivity index (χ4v) is 3.42. The lowest BCUT2D eigenvalue weighted by molar-refractivity contribution is 0.249. The monoisotopic (exact) mass is 281 g/mol. The Morgan fingerprint density at radius 2 is 2.00 bits per heavy atom. The van der Waals surface area contributed by atoms with Crippen LogP contribution < -0.4 is 15.2 Å². The largest absolute Gasteiger partial charge is 0.489 e. The number of halogens is 1. The summed E-state index contributed by atoms with van der Waals surface area (Å²) in [4.78, 5) is 0. The number of hydrogen-bond acceptors (Lipinski definition) is 3. The number of ether oxygens (including phenoxy) is 2. The van der Waals surface area contributed by atoms with E-state index in [-0.39, 0.29) is 5.54 Å². The Kier molecular flexibility index (Phi) is 3.35. The van der Waals surface area contributed by atoms with E-state index in [1.807, 2.05) is 6.07 Å². The maximum absolute atomic E-state index is 6.49. The summed E-state index contributed by atoms with van der Waals surface area (Å²) in [6, 6.07) is 1.88. The molecule has 0 bridgehead atoms. The highest BCUT2D eigenvalue weighted by atomic mass is 35.5. The van der Waals surface area contributed by atoms with E-state index in [1.54, 1.807) is 0 Å². The Morgan fingerprint density at radius 1 is 1.26 bits per heavy atom. The van der Waals surface area contributed by atoms with Gasteiger partial charge in [0.1, 0.15) is 0 Å². The average Bonchev–Trinajstić information content (AvgIpc) is 2.59. The molecule has 1 heterocycles. The second-order valence-corrected chi connectivity index (χ2v) is 5.86. The summed E-state index contributed by atoms with van der Waals surface area (Å²) in [6.07, 6.45) is 4.93. The van der Waals surface area contributed by atoms with Crippen molar-refractivity contribution in [3.63, 3.8) is 0 Å². The van der Waals surface area contributed by atoms with Crippen LogP contribution in [-0.4, -0.2) is 13.2 Å². The summed E-state index contributed by atoms with van der Waals surface area (Å²) in [5.74, 6) is 1.63. The van der Waals surface area contributed by atoms with Gasteiger partial charge < -0.3 is 15.2 Å². The van der Waals surface area contributed by atoms with Crippen LogP contribution >= 0.6 is 11.6 Å². The van der Waals surface area contributed by atoms with Crippen LogP contribution in [0.3, 0.4) is 0 Å². The Morgan fingerprint density at radius 3 is 2.63 bits per heavy atom. The molecule has 0 amide bonds. The molecule has 0 spiro atoms. The smallest absolute Gasteiger partial charge is 0.164 e. The number of rotatable bonds is 2. The molecule has 1 aromatic rings. The minimum Gasteiger partial charge on any atom is -0.489 e. The Balaban J connectivity index is 2.16. The van der Waals surface area contributed by atoms with Crippen molar-refractivity contribution in [2.45, 2.75) is 44.6 Å². The molecule has 0 radical (unpaired) electrons. The molecule has 19 heavy (non-hydrogen) atoms. The molecule has 1 aliphatic heterocycles. The van der Waals surface area contributed by atoms with E-state index in [9.17, 15) is 0 Å². The molecular formula is C15H20ClNO2. The van der Waals surface area contributed by atoms with Crippen LogP contribution in [0.2, 0.25) is 5.02 Å². The molecule has 3 nitrogen and oxygen atoms in total. The van der Waals surface area contributed by atoms with Gasteiger partial charge in [-0.3, -0.25) is 0 Å². The third-order valence-corrected chi connectivity index (χ3v) is 4.48. The van der Waals surface area contributed by atoms with Crippen LogP contribution in [0.1, 0.15) is 43.7 Å². The van der Waals surface area contributed by atoms with Crippen molar-refractivity contribution in [1.29, 1.82) is 0 Å². The Bertz CT molecular complexity index is 497.